The zero-order chi connectivity index (χ0) is 19.9. The van der Waals surface area contributed by atoms with Crippen molar-refractivity contribution in [3.8, 4) is 11.5 Å². The molecular weight excluding hydrogens is 359 g/mol. The van der Waals surface area contributed by atoms with E-state index < -0.39 is 11.9 Å². The van der Waals surface area contributed by atoms with E-state index in [-0.39, 0.29) is 11.7 Å². The van der Waals surface area contributed by atoms with E-state index in [9.17, 15) is 9.18 Å². The number of nitrogens with one attached hydrogen (secondary N) is 1. The summed E-state index contributed by atoms with van der Waals surface area (Å²) in [6, 6.07) is 13.3. The van der Waals surface area contributed by atoms with Gasteiger partial charge in [-0.1, -0.05) is 26.0 Å². The van der Waals surface area contributed by atoms with Gasteiger partial charge in [-0.3, -0.25) is 9.78 Å². The molecule has 6 heteroatoms. The Kier molecular flexibility index (Phi) is 6.42. The second-order valence-corrected chi connectivity index (χ2v) is 6.29. The fraction of sp³-hybridized carbons (Fsp3) is 0.273. The Labute approximate surface area is 163 Å². The molecule has 0 aliphatic heterocycles. The number of halogens is 1. The van der Waals surface area contributed by atoms with Gasteiger partial charge in [0.2, 0.25) is 0 Å². The molecule has 3 rings (SSSR count). The Morgan fingerprint density at radius 3 is 2.68 bits per heavy atom. The van der Waals surface area contributed by atoms with Crippen molar-refractivity contribution < 1.29 is 18.7 Å². The zero-order valence-corrected chi connectivity index (χ0v) is 15.9. The van der Waals surface area contributed by atoms with Gasteiger partial charge in [-0.05, 0) is 49.2 Å². The Balaban J connectivity index is 1.83. The summed E-state index contributed by atoms with van der Waals surface area (Å²) in [5.41, 5.74) is 1.28. The van der Waals surface area contributed by atoms with Crippen LogP contribution in [0.2, 0.25) is 0 Å². The molecule has 1 N–H and O–H groups in total. The van der Waals surface area contributed by atoms with Crippen molar-refractivity contribution in [3.63, 3.8) is 0 Å². The number of para-hydroxylation sites is 1. The highest BCUT2D eigenvalue weighted by Gasteiger charge is 2.21. The van der Waals surface area contributed by atoms with Crippen molar-refractivity contribution in [1.29, 1.82) is 0 Å². The van der Waals surface area contributed by atoms with E-state index in [0.29, 0.717) is 30.0 Å². The first-order valence-corrected chi connectivity index (χ1v) is 9.36. The maximum atomic E-state index is 13.9. The summed E-state index contributed by atoms with van der Waals surface area (Å²) >= 11 is 0. The molecule has 1 heterocycles. The molecule has 5 nitrogen and oxygen atoms in total. The van der Waals surface area contributed by atoms with E-state index in [1.807, 2.05) is 19.9 Å². The van der Waals surface area contributed by atoms with E-state index in [4.69, 9.17) is 9.47 Å². The Bertz CT molecular complexity index is 961. The fourth-order valence-corrected chi connectivity index (χ4v) is 2.81. The highest BCUT2D eigenvalue weighted by Crippen LogP contribution is 2.30. The van der Waals surface area contributed by atoms with Crippen LogP contribution in [0.3, 0.4) is 0 Å². The molecule has 1 atom stereocenters. The Morgan fingerprint density at radius 2 is 1.93 bits per heavy atom. The minimum Gasteiger partial charge on any atom is -0.491 e. The molecule has 2 aromatic carbocycles. The Hall–Kier alpha value is -3.15. The summed E-state index contributed by atoms with van der Waals surface area (Å²) in [5, 5.41) is 3.65. The van der Waals surface area contributed by atoms with Crippen molar-refractivity contribution >= 4 is 22.5 Å². The van der Waals surface area contributed by atoms with Crippen LogP contribution in [0, 0.1) is 5.82 Å². The predicted octanol–water partition coefficient (Wildman–Crippen LogP) is 4.96. The summed E-state index contributed by atoms with van der Waals surface area (Å²) in [4.78, 5) is 17.1. The van der Waals surface area contributed by atoms with E-state index in [2.05, 4.69) is 10.3 Å². The number of nitrogens with zero attached hydrogens (tertiary/aromatic N) is 1. The third-order valence-corrected chi connectivity index (χ3v) is 4.22. The monoisotopic (exact) mass is 382 g/mol. The zero-order valence-electron chi connectivity index (χ0n) is 15.9. The molecule has 0 unspecified atom stereocenters. The third kappa shape index (κ3) is 4.39. The molecular formula is C22H23FN2O3. The number of carbonyl (C=O) groups is 1. The quantitative estimate of drug-likeness (QED) is 0.598. The first kappa shape index (κ1) is 19.6. The number of fused-ring (bicyclic) bond motifs is 1. The average molecular weight is 382 g/mol. The van der Waals surface area contributed by atoms with E-state index >= 15 is 0 Å². The van der Waals surface area contributed by atoms with Crippen molar-refractivity contribution in [2.75, 3.05) is 11.9 Å². The van der Waals surface area contributed by atoms with Gasteiger partial charge >= 0.3 is 0 Å². The summed E-state index contributed by atoms with van der Waals surface area (Å²) in [6.45, 7) is 4.43. The molecule has 0 fully saturated rings. The van der Waals surface area contributed by atoms with Crippen LogP contribution in [0.15, 0.2) is 54.7 Å². The number of amides is 1. The number of anilines is 1. The van der Waals surface area contributed by atoms with Gasteiger partial charge in [-0.2, -0.15) is 0 Å². The summed E-state index contributed by atoms with van der Waals surface area (Å²) in [6.07, 6.45) is 2.15. The van der Waals surface area contributed by atoms with Crippen molar-refractivity contribution in [3.05, 3.63) is 60.5 Å². The lowest BCUT2D eigenvalue weighted by atomic mass is 10.1. The Morgan fingerprint density at radius 1 is 1.11 bits per heavy atom. The van der Waals surface area contributed by atoms with E-state index in [1.165, 1.54) is 12.1 Å². The van der Waals surface area contributed by atoms with Crippen molar-refractivity contribution in [2.24, 2.45) is 0 Å². The van der Waals surface area contributed by atoms with Gasteiger partial charge in [0.05, 0.1) is 12.3 Å². The lowest BCUT2D eigenvalue weighted by Gasteiger charge is -2.18. The SMILES string of the molecule is CCCOc1ccc(NC(=O)[C@@H](CC)Oc2ccccc2F)c2cccnc12. The first-order chi connectivity index (χ1) is 13.6. The number of carbonyl (C=O) groups excluding carboxylic acids is 1. The molecule has 146 valence electrons. The molecule has 0 aliphatic rings. The van der Waals surface area contributed by atoms with E-state index in [1.54, 1.807) is 36.5 Å². The molecule has 28 heavy (non-hydrogen) atoms. The molecule has 0 radical (unpaired) electrons. The number of rotatable bonds is 8. The van der Waals surface area contributed by atoms with Crippen LogP contribution >= 0.6 is 0 Å². The van der Waals surface area contributed by atoms with Crippen LogP contribution < -0.4 is 14.8 Å². The molecule has 0 bridgehead atoms. The van der Waals surface area contributed by atoms with Crippen LogP contribution in [0.5, 0.6) is 11.5 Å². The molecule has 0 aliphatic carbocycles. The standard InChI is InChI=1S/C22H23FN2O3/c1-3-14-27-20-12-11-17(15-8-7-13-24-21(15)20)25-22(26)18(4-2)28-19-10-6-5-9-16(19)23/h5-13,18H,3-4,14H2,1-2H3,(H,25,26)/t18-/m1/s1. The number of ether oxygens (including phenoxy) is 2. The molecule has 3 aromatic rings. The maximum Gasteiger partial charge on any atom is 0.265 e. The second-order valence-electron chi connectivity index (χ2n) is 6.29. The largest absolute Gasteiger partial charge is 0.491 e. The fourth-order valence-electron chi connectivity index (χ4n) is 2.81. The molecule has 0 spiro atoms. The number of aromatic nitrogens is 1. The van der Waals surface area contributed by atoms with Gasteiger partial charge < -0.3 is 14.8 Å². The highest BCUT2D eigenvalue weighted by atomic mass is 19.1. The minimum atomic E-state index is -0.820. The molecule has 1 aromatic heterocycles. The lowest BCUT2D eigenvalue weighted by Crippen LogP contribution is -2.32. The first-order valence-electron chi connectivity index (χ1n) is 9.36. The van der Waals surface area contributed by atoms with Gasteiger partial charge in [0.1, 0.15) is 11.3 Å². The van der Waals surface area contributed by atoms with Crippen LogP contribution in [-0.4, -0.2) is 23.6 Å². The lowest BCUT2D eigenvalue weighted by molar-refractivity contribution is -0.122. The topological polar surface area (TPSA) is 60.5 Å². The molecule has 1 amide bonds. The van der Waals surface area contributed by atoms with Crippen LogP contribution in [0.4, 0.5) is 10.1 Å². The van der Waals surface area contributed by atoms with Crippen molar-refractivity contribution in [2.45, 2.75) is 32.8 Å². The van der Waals surface area contributed by atoms with Gasteiger partial charge in [0, 0.05) is 11.6 Å². The predicted molar refractivity (Wildman–Crippen MR) is 107 cm³/mol. The number of pyridine rings is 1. The van der Waals surface area contributed by atoms with Crippen LogP contribution in [-0.2, 0) is 4.79 Å². The molecule has 0 saturated carbocycles. The smallest absolute Gasteiger partial charge is 0.265 e. The number of hydrogen-bond donors (Lipinski definition) is 1. The summed E-state index contributed by atoms with van der Waals surface area (Å²) in [7, 11) is 0. The number of benzene rings is 2. The maximum absolute atomic E-state index is 13.9. The summed E-state index contributed by atoms with van der Waals surface area (Å²) in [5.74, 6) is -0.122. The minimum absolute atomic E-state index is 0.0549. The van der Waals surface area contributed by atoms with Crippen molar-refractivity contribution in [1.82, 2.24) is 4.98 Å². The van der Waals surface area contributed by atoms with Gasteiger partial charge in [0.25, 0.3) is 5.91 Å². The van der Waals surface area contributed by atoms with E-state index in [0.717, 1.165) is 11.8 Å². The van der Waals surface area contributed by atoms with Gasteiger partial charge in [-0.25, -0.2) is 4.39 Å². The normalized spacial score (nSPS) is 11.8. The van der Waals surface area contributed by atoms with Gasteiger partial charge in [-0.15, -0.1) is 0 Å². The van der Waals surface area contributed by atoms with Crippen LogP contribution in [0.25, 0.3) is 10.9 Å². The molecule has 0 saturated heterocycles. The number of hydrogen-bond acceptors (Lipinski definition) is 4. The second kappa shape index (κ2) is 9.17. The highest BCUT2D eigenvalue weighted by molar-refractivity contribution is 6.04. The van der Waals surface area contributed by atoms with Crippen LogP contribution in [0.1, 0.15) is 26.7 Å². The summed E-state index contributed by atoms with van der Waals surface area (Å²) < 4.78 is 25.2. The average Bonchev–Trinajstić information content (AvgIpc) is 2.72. The third-order valence-electron chi connectivity index (χ3n) is 4.22. The van der Waals surface area contributed by atoms with Gasteiger partial charge in [0.15, 0.2) is 17.7 Å².